The summed E-state index contributed by atoms with van der Waals surface area (Å²) in [5.41, 5.74) is -2.44. The van der Waals surface area contributed by atoms with Gasteiger partial charge >= 0.3 is 6.18 Å². The molecule has 1 aromatic rings. The molecule has 0 fully saturated rings. The smallest absolute Gasteiger partial charge is 0.341 e. The lowest BCUT2D eigenvalue weighted by Gasteiger charge is -2.22. The Hall–Kier alpha value is -1.79. The van der Waals surface area contributed by atoms with Crippen LogP contribution < -0.4 is 5.56 Å². The van der Waals surface area contributed by atoms with Crippen LogP contribution in [0, 0.1) is 0 Å². The standard InChI is InChI=1S/C14H19F3N2O2/c1-3-7-18(8-4-2)12(20)10-19-9-5-6-11(13(19)21)14(15,16)17/h5-6,9H,3-4,7-8,10H2,1-2H3. The second kappa shape index (κ2) is 7.28. The molecular formula is C14H19F3N2O2. The Morgan fingerprint density at radius 2 is 1.81 bits per heavy atom. The van der Waals surface area contributed by atoms with Crippen molar-refractivity contribution in [3.05, 3.63) is 34.2 Å². The van der Waals surface area contributed by atoms with E-state index in [9.17, 15) is 22.8 Å². The SMILES string of the molecule is CCCN(CCC)C(=O)Cn1cccc(C(F)(F)F)c1=O. The number of hydrogen-bond donors (Lipinski definition) is 0. The molecule has 4 nitrogen and oxygen atoms in total. The molecule has 0 aliphatic carbocycles. The summed E-state index contributed by atoms with van der Waals surface area (Å²) >= 11 is 0. The summed E-state index contributed by atoms with van der Waals surface area (Å²) in [6, 6.07) is 1.85. The van der Waals surface area contributed by atoms with E-state index in [1.54, 1.807) is 4.90 Å². The highest BCUT2D eigenvalue weighted by Crippen LogP contribution is 2.25. The van der Waals surface area contributed by atoms with Crippen molar-refractivity contribution >= 4 is 5.91 Å². The van der Waals surface area contributed by atoms with Crippen molar-refractivity contribution in [2.75, 3.05) is 13.1 Å². The molecule has 1 aromatic heterocycles. The molecule has 0 unspecified atom stereocenters. The first kappa shape index (κ1) is 17.3. The fourth-order valence-electron chi connectivity index (χ4n) is 2.02. The predicted molar refractivity (Wildman–Crippen MR) is 72.9 cm³/mol. The Balaban J connectivity index is 2.98. The van der Waals surface area contributed by atoms with Crippen LogP contribution in [0.1, 0.15) is 32.3 Å². The van der Waals surface area contributed by atoms with Crippen LogP contribution in [-0.2, 0) is 17.5 Å². The number of amides is 1. The van der Waals surface area contributed by atoms with Crippen LogP contribution in [0.3, 0.4) is 0 Å². The fraction of sp³-hybridized carbons (Fsp3) is 0.571. The van der Waals surface area contributed by atoms with Crippen molar-refractivity contribution in [1.82, 2.24) is 9.47 Å². The number of rotatable bonds is 6. The van der Waals surface area contributed by atoms with Crippen LogP contribution in [0.2, 0.25) is 0 Å². The van der Waals surface area contributed by atoms with Gasteiger partial charge in [0.1, 0.15) is 12.1 Å². The summed E-state index contributed by atoms with van der Waals surface area (Å²) in [5, 5.41) is 0. The third-order valence-electron chi connectivity index (χ3n) is 2.97. The van der Waals surface area contributed by atoms with E-state index in [0.29, 0.717) is 13.1 Å². The Morgan fingerprint density at radius 3 is 2.29 bits per heavy atom. The number of carbonyl (C=O) groups is 1. The Morgan fingerprint density at radius 1 is 1.24 bits per heavy atom. The highest BCUT2D eigenvalue weighted by molar-refractivity contribution is 5.76. The highest BCUT2D eigenvalue weighted by atomic mass is 19.4. The molecule has 0 saturated carbocycles. The average molecular weight is 304 g/mol. The summed E-state index contributed by atoms with van der Waals surface area (Å²) in [6.07, 6.45) is -2.01. The number of aromatic nitrogens is 1. The van der Waals surface area contributed by atoms with Gasteiger partial charge in [-0.25, -0.2) is 0 Å². The molecule has 1 rings (SSSR count). The lowest BCUT2D eigenvalue weighted by molar-refractivity contribution is -0.139. The number of pyridine rings is 1. The van der Waals surface area contributed by atoms with Gasteiger partial charge in [-0.3, -0.25) is 9.59 Å². The minimum absolute atomic E-state index is 0.347. The Kier molecular flexibility index (Phi) is 5.99. The maximum atomic E-state index is 12.7. The molecule has 1 heterocycles. The quantitative estimate of drug-likeness (QED) is 0.810. The van der Waals surface area contributed by atoms with Crippen LogP contribution in [-0.4, -0.2) is 28.5 Å². The average Bonchev–Trinajstić information content (AvgIpc) is 2.39. The molecule has 118 valence electrons. The second-order valence-corrected chi connectivity index (χ2v) is 4.73. The fourth-order valence-corrected chi connectivity index (χ4v) is 2.02. The monoisotopic (exact) mass is 304 g/mol. The number of carbonyl (C=O) groups excluding carboxylic acids is 1. The summed E-state index contributed by atoms with van der Waals surface area (Å²) in [7, 11) is 0. The summed E-state index contributed by atoms with van der Waals surface area (Å²) < 4.78 is 38.8. The van der Waals surface area contributed by atoms with Gasteiger partial charge < -0.3 is 9.47 Å². The maximum Gasteiger partial charge on any atom is 0.421 e. The van der Waals surface area contributed by atoms with Crippen LogP contribution in [0.4, 0.5) is 13.2 Å². The largest absolute Gasteiger partial charge is 0.421 e. The normalized spacial score (nSPS) is 11.5. The number of alkyl halides is 3. The van der Waals surface area contributed by atoms with Crippen molar-refractivity contribution in [2.45, 2.75) is 39.4 Å². The van der Waals surface area contributed by atoms with E-state index >= 15 is 0 Å². The van der Waals surface area contributed by atoms with Crippen molar-refractivity contribution < 1.29 is 18.0 Å². The van der Waals surface area contributed by atoms with E-state index in [1.165, 1.54) is 6.20 Å². The minimum atomic E-state index is -4.71. The van der Waals surface area contributed by atoms with Crippen LogP contribution in [0.25, 0.3) is 0 Å². The molecule has 0 aliphatic rings. The predicted octanol–water partition coefficient (Wildman–Crippen LogP) is 2.52. The van der Waals surface area contributed by atoms with Gasteiger partial charge in [-0.2, -0.15) is 13.2 Å². The zero-order chi connectivity index (χ0) is 16.0. The third kappa shape index (κ3) is 4.61. The molecule has 0 radical (unpaired) electrons. The van der Waals surface area contributed by atoms with Gasteiger partial charge in [-0.1, -0.05) is 13.8 Å². The summed E-state index contributed by atoms with van der Waals surface area (Å²) in [6.45, 7) is 4.50. The molecule has 0 bridgehead atoms. The Labute approximate surface area is 121 Å². The minimum Gasteiger partial charge on any atom is -0.341 e. The van der Waals surface area contributed by atoms with Crippen molar-refractivity contribution in [1.29, 1.82) is 0 Å². The van der Waals surface area contributed by atoms with E-state index in [1.807, 2.05) is 13.8 Å². The van der Waals surface area contributed by atoms with Crippen molar-refractivity contribution in [3.8, 4) is 0 Å². The lowest BCUT2D eigenvalue weighted by atomic mass is 10.2. The van der Waals surface area contributed by atoms with Crippen LogP contribution in [0.15, 0.2) is 23.1 Å². The number of nitrogens with zero attached hydrogens (tertiary/aromatic N) is 2. The molecule has 7 heteroatoms. The molecule has 0 saturated heterocycles. The van der Waals surface area contributed by atoms with Gasteiger partial charge in [0.25, 0.3) is 5.56 Å². The molecule has 1 amide bonds. The van der Waals surface area contributed by atoms with Gasteiger partial charge in [-0.15, -0.1) is 0 Å². The van der Waals surface area contributed by atoms with E-state index in [2.05, 4.69) is 0 Å². The lowest BCUT2D eigenvalue weighted by Crippen LogP contribution is -2.38. The van der Waals surface area contributed by atoms with Gasteiger partial charge in [0.2, 0.25) is 5.91 Å². The molecule has 0 aromatic carbocycles. The zero-order valence-corrected chi connectivity index (χ0v) is 12.1. The van der Waals surface area contributed by atoms with Gasteiger partial charge in [0.15, 0.2) is 0 Å². The zero-order valence-electron chi connectivity index (χ0n) is 12.1. The van der Waals surface area contributed by atoms with Crippen LogP contribution >= 0.6 is 0 Å². The van der Waals surface area contributed by atoms with Crippen LogP contribution in [0.5, 0.6) is 0 Å². The first-order valence-electron chi connectivity index (χ1n) is 6.85. The first-order chi connectivity index (χ1) is 9.81. The molecule has 0 aliphatic heterocycles. The van der Waals surface area contributed by atoms with E-state index in [4.69, 9.17) is 0 Å². The topological polar surface area (TPSA) is 42.3 Å². The molecule has 0 atom stereocenters. The van der Waals surface area contributed by atoms with E-state index in [0.717, 1.165) is 29.5 Å². The Bertz CT molecular complexity index is 532. The summed E-state index contributed by atoms with van der Waals surface area (Å²) in [4.78, 5) is 25.4. The molecular weight excluding hydrogens is 285 g/mol. The van der Waals surface area contributed by atoms with Crippen molar-refractivity contribution in [3.63, 3.8) is 0 Å². The van der Waals surface area contributed by atoms with Crippen molar-refractivity contribution in [2.24, 2.45) is 0 Å². The molecule has 21 heavy (non-hydrogen) atoms. The number of halogens is 3. The van der Waals surface area contributed by atoms with E-state index in [-0.39, 0.29) is 12.5 Å². The maximum absolute atomic E-state index is 12.7. The van der Waals surface area contributed by atoms with Gasteiger partial charge in [0, 0.05) is 19.3 Å². The first-order valence-corrected chi connectivity index (χ1v) is 6.85. The second-order valence-electron chi connectivity index (χ2n) is 4.73. The van der Waals surface area contributed by atoms with Gasteiger partial charge in [-0.05, 0) is 25.0 Å². The van der Waals surface area contributed by atoms with Gasteiger partial charge in [0.05, 0.1) is 0 Å². The molecule has 0 N–H and O–H groups in total. The summed E-state index contributed by atoms with van der Waals surface area (Å²) in [5.74, 6) is -0.347. The number of hydrogen-bond acceptors (Lipinski definition) is 2. The highest BCUT2D eigenvalue weighted by Gasteiger charge is 2.34. The van der Waals surface area contributed by atoms with E-state index < -0.39 is 17.3 Å². The third-order valence-corrected chi connectivity index (χ3v) is 2.97. The molecule has 0 spiro atoms.